The standard InChI is InChI=1S/C13H11N3O4/c17-12(18)9-6-14-7-15-11(9)16-10(13(19)20)8-4-2-1-3-5-8/h1-7,10H,(H,17,18)(H,19,20)(H,14,15,16)/t10-/m0/s1. The summed E-state index contributed by atoms with van der Waals surface area (Å²) in [5.41, 5.74) is 0.310. The summed E-state index contributed by atoms with van der Waals surface area (Å²) in [6.07, 6.45) is 2.26. The van der Waals surface area contributed by atoms with Gasteiger partial charge < -0.3 is 15.5 Å². The molecule has 7 heteroatoms. The lowest BCUT2D eigenvalue weighted by Gasteiger charge is -2.16. The van der Waals surface area contributed by atoms with Gasteiger partial charge in [-0.25, -0.2) is 19.6 Å². The first-order valence-electron chi connectivity index (χ1n) is 5.67. The summed E-state index contributed by atoms with van der Waals surface area (Å²) < 4.78 is 0. The highest BCUT2D eigenvalue weighted by Gasteiger charge is 2.22. The van der Waals surface area contributed by atoms with Crippen LogP contribution in [0.5, 0.6) is 0 Å². The number of carboxylic acid groups (broad SMARTS) is 2. The van der Waals surface area contributed by atoms with Gasteiger partial charge in [0, 0.05) is 6.20 Å². The number of nitrogens with zero attached hydrogens (tertiary/aromatic N) is 2. The van der Waals surface area contributed by atoms with E-state index in [9.17, 15) is 14.7 Å². The maximum Gasteiger partial charge on any atom is 0.341 e. The van der Waals surface area contributed by atoms with Crippen molar-refractivity contribution in [2.24, 2.45) is 0 Å². The van der Waals surface area contributed by atoms with Crippen molar-refractivity contribution in [3.8, 4) is 0 Å². The second kappa shape index (κ2) is 5.79. The molecule has 102 valence electrons. The molecule has 1 aromatic carbocycles. The zero-order valence-corrected chi connectivity index (χ0v) is 10.2. The zero-order chi connectivity index (χ0) is 14.5. The lowest BCUT2D eigenvalue weighted by atomic mass is 10.1. The van der Waals surface area contributed by atoms with Crippen molar-refractivity contribution in [1.82, 2.24) is 9.97 Å². The number of nitrogens with one attached hydrogen (secondary N) is 1. The molecule has 0 unspecified atom stereocenters. The highest BCUT2D eigenvalue weighted by atomic mass is 16.4. The molecule has 0 aliphatic heterocycles. The van der Waals surface area contributed by atoms with Crippen LogP contribution in [0.2, 0.25) is 0 Å². The topological polar surface area (TPSA) is 112 Å². The van der Waals surface area contributed by atoms with E-state index in [1.807, 2.05) is 0 Å². The molecule has 0 saturated heterocycles. The third-order valence-electron chi connectivity index (χ3n) is 2.60. The molecule has 7 nitrogen and oxygen atoms in total. The Kier molecular flexibility index (Phi) is 3.90. The van der Waals surface area contributed by atoms with Gasteiger partial charge in [0.2, 0.25) is 0 Å². The van der Waals surface area contributed by atoms with Gasteiger partial charge >= 0.3 is 11.9 Å². The summed E-state index contributed by atoms with van der Waals surface area (Å²) in [5.74, 6) is -2.40. The summed E-state index contributed by atoms with van der Waals surface area (Å²) in [7, 11) is 0. The van der Waals surface area contributed by atoms with Crippen molar-refractivity contribution in [3.05, 3.63) is 54.0 Å². The summed E-state index contributed by atoms with van der Waals surface area (Å²) in [5, 5.41) is 20.9. The Morgan fingerprint density at radius 1 is 1.15 bits per heavy atom. The van der Waals surface area contributed by atoms with Gasteiger partial charge in [-0.1, -0.05) is 30.3 Å². The minimum Gasteiger partial charge on any atom is -0.479 e. The first-order valence-corrected chi connectivity index (χ1v) is 5.67. The van der Waals surface area contributed by atoms with Crippen LogP contribution in [-0.4, -0.2) is 32.1 Å². The van der Waals surface area contributed by atoms with E-state index < -0.39 is 18.0 Å². The molecule has 0 radical (unpaired) electrons. The Labute approximate surface area is 113 Å². The lowest BCUT2D eigenvalue weighted by molar-refractivity contribution is -0.138. The van der Waals surface area contributed by atoms with Crippen LogP contribution in [0.3, 0.4) is 0 Å². The van der Waals surface area contributed by atoms with E-state index in [-0.39, 0.29) is 11.4 Å². The third kappa shape index (κ3) is 2.89. The number of hydrogen-bond acceptors (Lipinski definition) is 5. The molecule has 1 atom stereocenters. The summed E-state index contributed by atoms with van der Waals surface area (Å²) >= 11 is 0. The van der Waals surface area contributed by atoms with E-state index in [1.165, 1.54) is 0 Å². The second-order valence-corrected chi connectivity index (χ2v) is 3.92. The molecule has 0 aliphatic rings. The normalized spacial score (nSPS) is 11.6. The zero-order valence-electron chi connectivity index (χ0n) is 10.2. The van der Waals surface area contributed by atoms with Gasteiger partial charge in [-0.3, -0.25) is 0 Å². The van der Waals surface area contributed by atoms with Crippen molar-refractivity contribution in [1.29, 1.82) is 0 Å². The molecular formula is C13H11N3O4. The molecule has 2 rings (SSSR count). The fourth-order valence-corrected chi connectivity index (χ4v) is 1.67. The third-order valence-corrected chi connectivity index (χ3v) is 2.60. The number of carboxylic acids is 2. The molecule has 3 N–H and O–H groups in total. The van der Waals surface area contributed by atoms with Gasteiger partial charge in [0.25, 0.3) is 0 Å². The number of anilines is 1. The summed E-state index contributed by atoms with van der Waals surface area (Å²) in [6, 6.07) is 7.33. The number of aliphatic carboxylic acids is 1. The number of rotatable bonds is 5. The maximum absolute atomic E-state index is 11.3. The average molecular weight is 273 g/mol. The van der Waals surface area contributed by atoms with Crippen molar-refractivity contribution in [2.45, 2.75) is 6.04 Å². The quantitative estimate of drug-likeness (QED) is 0.754. The first kappa shape index (κ1) is 13.5. The van der Waals surface area contributed by atoms with Gasteiger partial charge in [0.15, 0.2) is 6.04 Å². The van der Waals surface area contributed by atoms with Crippen LogP contribution in [-0.2, 0) is 4.79 Å². The molecular weight excluding hydrogens is 262 g/mol. The predicted octanol–water partition coefficient (Wildman–Crippen LogP) is 1.41. The minimum absolute atomic E-state index is 0.0382. The number of aromatic nitrogens is 2. The van der Waals surface area contributed by atoms with Gasteiger partial charge in [-0.05, 0) is 5.56 Å². The van der Waals surface area contributed by atoms with Crippen molar-refractivity contribution in [2.75, 3.05) is 5.32 Å². The van der Waals surface area contributed by atoms with Crippen molar-refractivity contribution < 1.29 is 19.8 Å². The Morgan fingerprint density at radius 3 is 2.45 bits per heavy atom. The van der Waals surface area contributed by atoms with Gasteiger partial charge in [0.05, 0.1) is 0 Å². The number of hydrogen-bond donors (Lipinski definition) is 3. The van der Waals surface area contributed by atoms with Crippen molar-refractivity contribution in [3.63, 3.8) is 0 Å². The van der Waals surface area contributed by atoms with Gasteiger partial charge in [-0.2, -0.15) is 0 Å². The van der Waals surface area contributed by atoms with E-state index in [4.69, 9.17) is 5.11 Å². The molecule has 2 aromatic rings. The second-order valence-electron chi connectivity index (χ2n) is 3.92. The average Bonchev–Trinajstić information content (AvgIpc) is 2.45. The monoisotopic (exact) mass is 273 g/mol. The highest BCUT2D eigenvalue weighted by Crippen LogP contribution is 2.20. The Bertz CT molecular complexity index is 631. The van der Waals surface area contributed by atoms with Gasteiger partial charge in [0.1, 0.15) is 17.7 Å². The SMILES string of the molecule is O=C(O)c1cncnc1N[C@H](C(=O)O)c1ccccc1. The molecule has 1 heterocycles. The van der Waals surface area contributed by atoms with E-state index in [0.29, 0.717) is 5.56 Å². The molecule has 0 spiro atoms. The molecule has 20 heavy (non-hydrogen) atoms. The number of aromatic carboxylic acids is 1. The van der Waals surface area contributed by atoms with Crippen LogP contribution in [0.25, 0.3) is 0 Å². The molecule has 0 bridgehead atoms. The number of carbonyl (C=O) groups is 2. The van der Waals surface area contributed by atoms with Crippen LogP contribution in [0.15, 0.2) is 42.9 Å². The Balaban J connectivity index is 2.35. The molecule has 0 saturated carbocycles. The fourth-order valence-electron chi connectivity index (χ4n) is 1.67. The maximum atomic E-state index is 11.3. The van der Waals surface area contributed by atoms with E-state index in [1.54, 1.807) is 30.3 Å². The van der Waals surface area contributed by atoms with Crippen LogP contribution in [0, 0.1) is 0 Å². The smallest absolute Gasteiger partial charge is 0.341 e. The van der Waals surface area contributed by atoms with Crippen LogP contribution < -0.4 is 5.32 Å². The van der Waals surface area contributed by atoms with Crippen LogP contribution >= 0.6 is 0 Å². The lowest BCUT2D eigenvalue weighted by Crippen LogP contribution is -2.22. The van der Waals surface area contributed by atoms with Crippen LogP contribution in [0.4, 0.5) is 5.82 Å². The fraction of sp³-hybridized carbons (Fsp3) is 0.0769. The molecule has 1 aromatic heterocycles. The largest absolute Gasteiger partial charge is 0.479 e. The summed E-state index contributed by atoms with van der Waals surface area (Å²) in [6.45, 7) is 0. The van der Waals surface area contributed by atoms with Crippen molar-refractivity contribution >= 4 is 17.8 Å². The Hall–Kier alpha value is -2.96. The number of benzene rings is 1. The van der Waals surface area contributed by atoms with E-state index >= 15 is 0 Å². The van der Waals surface area contributed by atoms with E-state index in [2.05, 4.69) is 15.3 Å². The predicted molar refractivity (Wildman–Crippen MR) is 69.4 cm³/mol. The minimum atomic E-state index is -1.23. The molecule has 0 fully saturated rings. The van der Waals surface area contributed by atoms with Gasteiger partial charge in [-0.15, -0.1) is 0 Å². The van der Waals surface area contributed by atoms with E-state index in [0.717, 1.165) is 12.5 Å². The highest BCUT2D eigenvalue weighted by molar-refractivity contribution is 5.93. The molecule has 0 amide bonds. The van der Waals surface area contributed by atoms with Crippen LogP contribution in [0.1, 0.15) is 22.0 Å². The Morgan fingerprint density at radius 2 is 1.85 bits per heavy atom. The summed E-state index contributed by atoms with van der Waals surface area (Å²) in [4.78, 5) is 29.8. The first-order chi connectivity index (χ1) is 9.59. The molecule has 0 aliphatic carbocycles.